The zero-order chi connectivity index (χ0) is 21.8. The Morgan fingerprint density at radius 1 is 0.968 bits per heavy atom. The molecule has 0 aliphatic carbocycles. The average Bonchev–Trinajstić information content (AvgIpc) is 3.08. The van der Waals surface area contributed by atoms with Crippen LogP contribution < -0.4 is 5.32 Å². The molecule has 9 heteroatoms. The summed E-state index contributed by atoms with van der Waals surface area (Å²) < 4.78 is 32.5. The van der Waals surface area contributed by atoms with Crippen LogP contribution in [0.15, 0.2) is 35.2 Å². The Labute approximate surface area is 180 Å². The molecular formula is C22H23N3O5S. The Morgan fingerprint density at radius 2 is 1.68 bits per heavy atom. The lowest BCUT2D eigenvalue weighted by Gasteiger charge is -2.29. The highest BCUT2D eigenvalue weighted by molar-refractivity contribution is 7.89. The van der Waals surface area contributed by atoms with Crippen LogP contribution in [-0.4, -0.2) is 69.2 Å². The van der Waals surface area contributed by atoms with Gasteiger partial charge in [-0.2, -0.15) is 4.31 Å². The monoisotopic (exact) mass is 441 g/mol. The Morgan fingerprint density at radius 3 is 2.39 bits per heavy atom. The van der Waals surface area contributed by atoms with Crippen molar-refractivity contribution < 1.29 is 22.7 Å². The molecule has 3 aliphatic rings. The normalized spacial score (nSPS) is 19.8. The second-order valence-corrected chi connectivity index (χ2v) is 10.1. The number of nitrogens with zero attached hydrogens (tertiary/aromatic N) is 2. The Balaban J connectivity index is 1.56. The molecule has 0 radical (unpaired) electrons. The van der Waals surface area contributed by atoms with E-state index in [0.717, 1.165) is 35.2 Å². The number of hydrogen-bond donors (Lipinski definition) is 1. The van der Waals surface area contributed by atoms with Crippen LogP contribution in [0.25, 0.3) is 11.1 Å². The van der Waals surface area contributed by atoms with Crippen LogP contribution >= 0.6 is 0 Å². The topological polar surface area (TPSA) is 96.0 Å². The van der Waals surface area contributed by atoms with E-state index >= 15 is 0 Å². The second kappa shape index (κ2) is 7.52. The van der Waals surface area contributed by atoms with Crippen LogP contribution in [0.2, 0.25) is 0 Å². The predicted octanol–water partition coefficient (Wildman–Crippen LogP) is 1.50. The van der Waals surface area contributed by atoms with Crippen molar-refractivity contribution in [1.82, 2.24) is 9.21 Å². The molecule has 0 saturated carbocycles. The Kier molecular flexibility index (Phi) is 4.93. The van der Waals surface area contributed by atoms with E-state index in [1.165, 1.54) is 4.31 Å². The van der Waals surface area contributed by atoms with Gasteiger partial charge in [-0.3, -0.25) is 9.59 Å². The number of ether oxygens (including phenoxy) is 1. The number of hydrogen-bond acceptors (Lipinski definition) is 6. The molecule has 1 N–H and O–H groups in total. The van der Waals surface area contributed by atoms with Crippen LogP contribution in [0, 0.1) is 0 Å². The number of ketones is 1. The van der Waals surface area contributed by atoms with Crippen LogP contribution in [0.3, 0.4) is 0 Å². The van der Waals surface area contributed by atoms with Crippen molar-refractivity contribution in [2.75, 3.05) is 45.2 Å². The molecule has 162 valence electrons. The smallest absolute Gasteiger partial charge is 0.296 e. The number of carbonyl (C=O) groups excluding carboxylic acids is 2. The van der Waals surface area contributed by atoms with Gasteiger partial charge in [0.05, 0.1) is 29.4 Å². The van der Waals surface area contributed by atoms with Gasteiger partial charge in [0.15, 0.2) is 0 Å². The van der Waals surface area contributed by atoms with Crippen molar-refractivity contribution in [2.45, 2.75) is 17.9 Å². The van der Waals surface area contributed by atoms with E-state index in [-0.39, 0.29) is 4.90 Å². The van der Waals surface area contributed by atoms with E-state index < -0.39 is 21.7 Å². The maximum Gasteiger partial charge on any atom is 0.296 e. The van der Waals surface area contributed by atoms with Gasteiger partial charge < -0.3 is 15.0 Å². The largest absolute Gasteiger partial charge is 0.379 e. The fraction of sp³-hybridized carbons (Fsp3) is 0.364. The molecule has 0 aromatic heterocycles. The molecule has 1 saturated heterocycles. The van der Waals surface area contributed by atoms with Gasteiger partial charge in [-0.05, 0) is 53.9 Å². The number of rotatable bonds is 3. The number of likely N-dealkylation sites (N-methyl/N-ethyl adjacent to an activating group) is 1. The van der Waals surface area contributed by atoms with Crippen LogP contribution in [-0.2, 0) is 32.5 Å². The molecule has 0 bridgehead atoms. The first-order valence-corrected chi connectivity index (χ1v) is 11.7. The maximum atomic E-state index is 12.9. The van der Waals surface area contributed by atoms with Crippen molar-refractivity contribution in [1.29, 1.82) is 0 Å². The number of sulfonamides is 1. The highest BCUT2D eigenvalue weighted by Crippen LogP contribution is 2.40. The standard InChI is InChI=1S/C22H23N3O5S/c1-24-7-6-16-17(12-18-20(19(16)13-24)23-22(27)21(18)26)14-2-4-15(5-3-14)31(28,29)25-8-10-30-11-9-25/h2-5,12H,6-11,13H2,1H3,(H,23,26,27). The summed E-state index contributed by atoms with van der Waals surface area (Å²) in [6.07, 6.45) is 0.784. The zero-order valence-electron chi connectivity index (χ0n) is 17.2. The summed E-state index contributed by atoms with van der Waals surface area (Å²) in [7, 11) is -1.57. The quantitative estimate of drug-likeness (QED) is 0.726. The van der Waals surface area contributed by atoms with Crippen molar-refractivity contribution in [3.8, 4) is 11.1 Å². The van der Waals surface area contributed by atoms with E-state index in [9.17, 15) is 18.0 Å². The van der Waals surface area contributed by atoms with E-state index in [1.54, 1.807) is 30.3 Å². The molecule has 8 nitrogen and oxygen atoms in total. The number of carbonyl (C=O) groups is 2. The Bertz CT molecular complexity index is 1180. The van der Waals surface area contributed by atoms with E-state index in [4.69, 9.17) is 4.74 Å². The zero-order valence-corrected chi connectivity index (χ0v) is 18.0. The number of amides is 1. The lowest BCUT2D eigenvalue weighted by atomic mass is 9.87. The van der Waals surface area contributed by atoms with Gasteiger partial charge in [-0.1, -0.05) is 12.1 Å². The number of morpholine rings is 1. The molecule has 31 heavy (non-hydrogen) atoms. The third kappa shape index (κ3) is 3.38. The fourth-order valence-corrected chi connectivity index (χ4v) is 5.91. The summed E-state index contributed by atoms with van der Waals surface area (Å²) in [4.78, 5) is 26.8. The molecule has 0 unspecified atom stereocenters. The highest BCUT2D eigenvalue weighted by Gasteiger charge is 2.34. The van der Waals surface area contributed by atoms with Crippen molar-refractivity contribution in [2.24, 2.45) is 0 Å². The van der Waals surface area contributed by atoms with Gasteiger partial charge in [0.25, 0.3) is 11.7 Å². The molecule has 0 spiro atoms. The summed E-state index contributed by atoms with van der Waals surface area (Å²) >= 11 is 0. The van der Waals surface area contributed by atoms with Crippen molar-refractivity contribution in [3.63, 3.8) is 0 Å². The number of anilines is 1. The molecule has 5 rings (SSSR count). The minimum Gasteiger partial charge on any atom is -0.379 e. The number of nitrogens with one attached hydrogen (secondary N) is 1. The van der Waals surface area contributed by atoms with Gasteiger partial charge in [0.2, 0.25) is 10.0 Å². The van der Waals surface area contributed by atoms with Crippen LogP contribution in [0.5, 0.6) is 0 Å². The van der Waals surface area contributed by atoms with Crippen molar-refractivity contribution >= 4 is 27.4 Å². The first kappa shape index (κ1) is 20.3. The molecule has 3 heterocycles. The molecular weight excluding hydrogens is 418 g/mol. The predicted molar refractivity (Wildman–Crippen MR) is 114 cm³/mol. The molecule has 0 atom stereocenters. The maximum absolute atomic E-state index is 12.9. The molecule has 2 aromatic carbocycles. The van der Waals surface area contributed by atoms with Gasteiger partial charge in [0, 0.05) is 26.2 Å². The van der Waals surface area contributed by atoms with E-state index in [1.807, 2.05) is 7.05 Å². The lowest BCUT2D eigenvalue weighted by molar-refractivity contribution is -0.112. The van der Waals surface area contributed by atoms with Crippen LogP contribution in [0.4, 0.5) is 5.69 Å². The number of Topliss-reactive ketones (excluding diaryl/α,β-unsaturated/α-hetero) is 1. The van der Waals surface area contributed by atoms with Gasteiger partial charge in [-0.25, -0.2) is 8.42 Å². The summed E-state index contributed by atoms with van der Waals surface area (Å²) in [6.45, 7) is 2.99. The highest BCUT2D eigenvalue weighted by atomic mass is 32.2. The molecule has 2 aromatic rings. The van der Waals surface area contributed by atoms with E-state index in [2.05, 4.69) is 10.2 Å². The summed E-state index contributed by atoms with van der Waals surface area (Å²) in [6, 6.07) is 8.55. The number of fused-ring (bicyclic) bond motifs is 3. The molecule has 1 amide bonds. The SMILES string of the molecule is CN1CCc2c(-c3ccc(S(=O)(=O)N4CCOCC4)cc3)cc3c(c2C1)NC(=O)C3=O. The third-order valence-electron chi connectivity index (χ3n) is 6.18. The van der Waals surface area contributed by atoms with Gasteiger partial charge in [-0.15, -0.1) is 0 Å². The molecule has 1 fully saturated rings. The van der Waals surface area contributed by atoms with Crippen LogP contribution in [0.1, 0.15) is 21.5 Å². The number of benzene rings is 2. The fourth-order valence-electron chi connectivity index (χ4n) is 4.51. The first-order valence-electron chi connectivity index (χ1n) is 10.3. The molecule has 3 aliphatic heterocycles. The van der Waals surface area contributed by atoms with Gasteiger partial charge in [0.1, 0.15) is 0 Å². The third-order valence-corrected chi connectivity index (χ3v) is 8.10. The first-order chi connectivity index (χ1) is 14.9. The average molecular weight is 442 g/mol. The van der Waals surface area contributed by atoms with E-state index in [0.29, 0.717) is 44.1 Å². The lowest BCUT2D eigenvalue weighted by Crippen LogP contribution is -2.40. The minimum absolute atomic E-state index is 0.237. The minimum atomic E-state index is -3.57. The summed E-state index contributed by atoms with van der Waals surface area (Å²) in [5.74, 6) is -1.13. The summed E-state index contributed by atoms with van der Waals surface area (Å²) in [5, 5.41) is 2.73. The second-order valence-electron chi connectivity index (χ2n) is 8.12. The van der Waals surface area contributed by atoms with Gasteiger partial charge >= 0.3 is 0 Å². The summed E-state index contributed by atoms with van der Waals surface area (Å²) in [5.41, 5.74) is 4.77. The Hall–Kier alpha value is -2.59. The van der Waals surface area contributed by atoms with Crippen molar-refractivity contribution in [3.05, 3.63) is 47.0 Å².